The van der Waals surface area contributed by atoms with E-state index in [9.17, 15) is 14.0 Å². The molecule has 3 aromatic rings. The van der Waals surface area contributed by atoms with Crippen LogP contribution >= 0.6 is 15.9 Å². The van der Waals surface area contributed by atoms with Crippen LogP contribution in [0.2, 0.25) is 0 Å². The molecule has 7 heteroatoms. The monoisotopic (exact) mass is 430 g/mol. The van der Waals surface area contributed by atoms with Crippen molar-refractivity contribution in [2.45, 2.75) is 6.54 Å². The number of para-hydroxylation sites is 1. The van der Waals surface area contributed by atoms with Gasteiger partial charge in [-0.05, 0) is 42.5 Å². The maximum absolute atomic E-state index is 14.2. The highest BCUT2D eigenvalue weighted by molar-refractivity contribution is 9.10. The Labute approximate surface area is 163 Å². The number of nitrogens with zero attached hydrogens (tertiary/aromatic N) is 1. The minimum Gasteiger partial charge on any atom is -0.467 e. The quantitative estimate of drug-likeness (QED) is 0.627. The summed E-state index contributed by atoms with van der Waals surface area (Å²) in [6.45, 7) is -0.201. The first-order chi connectivity index (χ1) is 13.0. The van der Waals surface area contributed by atoms with Crippen molar-refractivity contribution in [2.24, 2.45) is 0 Å². The van der Waals surface area contributed by atoms with Crippen LogP contribution in [0, 0.1) is 5.82 Å². The minimum absolute atomic E-state index is 0.0452. The van der Waals surface area contributed by atoms with Crippen LogP contribution in [0.1, 0.15) is 16.1 Å². The molecule has 2 aromatic carbocycles. The van der Waals surface area contributed by atoms with Crippen molar-refractivity contribution < 1.29 is 18.4 Å². The van der Waals surface area contributed by atoms with Crippen molar-refractivity contribution in [1.29, 1.82) is 0 Å². The van der Waals surface area contributed by atoms with Gasteiger partial charge in [-0.3, -0.25) is 9.59 Å². The van der Waals surface area contributed by atoms with E-state index in [1.54, 1.807) is 42.5 Å². The van der Waals surface area contributed by atoms with Gasteiger partial charge in [0.15, 0.2) is 0 Å². The Balaban J connectivity index is 1.79. The lowest BCUT2D eigenvalue weighted by Crippen LogP contribution is -2.37. The van der Waals surface area contributed by atoms with Gasteiger partial charge in [-0.15, -0.1) is 0 Å². The maximum atomic E-state index is 14.2. The summed E-state index contributed by atoms with van der Waals surface area (Å²) in [5.41, 5.74) is 0.500. The molecular formula is C20H16BrFN2O3. The van der Waals surface area contributed by atoms with Gasteiger partial charge in [-0.2, -0.15) is 0 Å². The van der Waals surface area contributed by atoms with Gasteiger partial charge in [-0.1, -0.05) is 34.1 Å². The van der Waals surface area contributed by atoms with Crippen molar-refractivity contribution in [2.75, 3.05) is 11.9 Å². The molecule has 0 saturated carbocycles. The number of furan rings is 1. The first kappa shape index (κ1) is 18.8. The topological polar surface area (TPSA) is 62.6 Å². The highest BCUT2D eigenvalue weighted by Gasteiger charge is 2.23. The summed E-state index contributed by atoms with van der Waals surface area (Å²) >= 11 is 3.16. The van der Waals surface area contributed by atoms with Crippen molar-refractivity contribution >= 4 is 33.4 Å². The Kier molecular flexibility index (Phi) is 6.03. The first-order valence-corrected chi connectivity index (χ1v) is 8.94. The second kappa shape index (κ2) is 8.64. The zero-order chi connectivity index (χ0) is 19.2. The van der Waals surface area contributed by atoms with E-state index < -0.39 is 17.6 Å². The lowest BCUT2D eigenvalue weighted by atomic mass is 10.1. The Bertz CT molecular complexity index is 930. The molecule has 0 atom stereocenters. The van der Waals surface area contributed by atoms with Crippen LogP contribution in [0.25, 0.3) is 0 Å². The lowest BCUT2D eigenvalue weighted by Gasteiger charge is -2.21. The van der Waals surface area contributed by atoms with Gasteiger partial charge >= 0.3 is 0 Å². The fraction of sp³-hybridized carbons (Fsp3) is 0.100. The lowest BCUT2D eigenvalue weighted by molar-refractivity contribution is -0.117. The normalized spacial score (nSPS) is 10.4. The SMILES string of the molecule is O=C(CN(Cc1ccco1)C(=O)c1ccc(Br)cc1F)Nc1ccccc1. The third-order valence-electron chi connectivity index (χ3n) is 3.77. The number of hydrogen-bond acceptors (Lipinski definition) is 3. The largest absolute Gasteiger partial charge is 0.467 e. The summed E-state index contributed by atoms with van der Waals surface area (Å²) in [4.78, 5) is 26.5. The highest BCUT2D eigenvalue weighted by Crippen LogP contribution is 2.18. The van der Waals surface area contributed by atoms with Gasteiger partial charge in [0.25, 0.3) is 5.91 Å². The third-order valence-corrected chi connectivity index (χ3v) is 4.26. The zero-order valence-corrected chi connectivity index (χ0v) is 15.8. The van der Waals surface area contributed by atoms with Crippen molar-refractivity contribution in [3.63, 3.8) is 0 Å². The summed E-state index contributed by atoms with van der Waals surface area (Å²) in [6, 6.07) is 16.4. The molecule has 2 amide bonds. The highest BCUT2D eigenvalue weighted by atomic mass is 79.9. The number of hydrogen-bond donors (Lipinski definition) is 1. The molecule has 0 fully saturated rings. The standard InChI is InChI=1S/C20H16BrFN2O3/c21-14-8-9-17(18(22)11-14)20(26)24(12-16-7-4-10-27-16)13-19(25)23-15-5-2-1-3-6-15/h1-11H,12-13H2,(H,23,25). The van der Waals surface area contributed by atoms with Gasteiger partial charge in [0.1, 0.15) is 18.1 Å². The van der Waals surface area contributed by atoms with Crippen molar-refractivity contribution in [3.05, 3.63) is 88.5 Å². The Morgan fingerprint density at radius 2 is 1.85 bits per heavy atom. The summed E-state index contributed by atoms with van der Waals surface area (Å²) in [5.74, 6) is -1.16. The fourth-order valence-corrected chi connectivity index (χ4v) is 2.85. The first-order valence-electron chi connectivity index (χ1n) is 8.14. The Morgan fingerprint density at radius 1 is 1.07 bits per heavy atom. The minimum atomic E-state index is -0.665. The van der Waals surface area contributed by atoms with E-state index in [0.717, 1.165) is 0 Å². The number of rotatable bonds is 6. The number of amides is 2. The van der Waals surface area contributed by atoms with Crippen LogP contribution in [0.15, 0.2) is 75.8 Å². The van der Waals surface area contributed by atoms with Crippen LogP contribution in [-0.2, 0) is 11.3 Å². The average molecular weight is 431 g/mol. The fourth-order valence-electron chi connectivity index (χ4n) is 2.52. The number of carbonyl (C=O) groups excluding carboxylic acids is 2. The van der Waals surface area contributed by atoms with E-state index >= 15 is 0 Å². The van der Waals surface area contributed by atoms with E-state index in [-0.39, 0.29) is 18.7 Å². The van der Waals surface area contributed by atoms with Gasteiger partial charge in [0.2, 0.25) is 5.91 Å². The van der Waals surface area contributed by atoms with Gasteiger partial charge in [0.05, 0.1) is 18.4 Å². The van der Waals surface area contributed by atoms with E-state index in [0.29, 0.717) is 15.9 Å². The number of halogens is 2. The smallest absolute Gasteiger partial charge is 0.257 e. The Hall–Kier alpha value is -2.93. The van der Waals surface area contributed by atoms with Crippen molar-refractivity contribution in [3.8, 4) is 0 Å². The van der Waals surface area contributed by atoms with Gasteiger partial charge in [-0.25, -0.2) is 4.39 Å². The molecule has 5 nitrogen and oxygen atoms in total. The second-order valence-electron chi connectivity index (χ2n) is 5.78. The molecule has 0 aliphatic heterocycles. The summed E-state index contributed by atoms with van der Waals surface area (Å²) in [5, 5.41) is 2.72. The molecule has 0 spiro atoms. The molecule has 0 unspecified atom stereocenters. The predicted molar refractivity (Wildman–Crippen MR) is 103 cm³/mol. The number of carbonyl (C=O) groups is 2. The summed E-state index contributed by atoms with van der Waals surface area (Å²) in [7, 11) is 0. The Morgan fingerprint density at radius 3 is 2.52 bits per heavy atom. The van der Waals surface area contributed by atoms with E-state index in [1.165, 1.54) is 23.3 Å². The summed E-state index contributed by atoms with van der Waals surface area (Å²) in [6.07, 6.45) is 1.47. The molecule has 1 N–H and O–H groups in total. The molecule has 0 saturated heterocycles. The molecule has 27 heavy (non-hydrogen) atoms. The van der Waals surface area contributed by atoms with Crippen LogP contribution in [0.4, 0.5) is 10.1 Å². The third kappa shape index (κ3) is 5.04. The molecule has 0 aliphatic carbocycles. The predicted octanol–water partition coefficient (Wildman–Crippen LogP) is 4.46. The van der Waals surface area contributed by atoms with Crippen LogP contribution in [-0.4, -0.2) is 23.3 Å². The number of nitrogens with one attached hydrogen (secondary N) is 1. The number of anilines is 1. The van der Waals surface area contributed by atoms with Crippen LogP contribution in [0.5, 0.6) is 0 Å². The molecule has 1 aromatic heterocycles. The van der Waals surface area contributed by atoms with Crippen LogP contribution < -0.4 is 5.32 Å². The maximum Gasteiger partial charge on any atom is 0.257 e. The molecule has 0 aliphatic rings. The van der Waals surface area contributed by atoms with Gasteiger partial charge < -0.3 is 14.6 Å². The zero-order valence-electron chi connectivity index (χ0n) is 14.2. The number of benzene rings is 2. The molecule has 1 heterocycles. The van der Waals surface area contributed by atoms with E-state index in [2.05, 4.69) is 21.2 Å². The van der Waals surface area contributed by atoms with E-state index in [1.807, 2.05) is 6.07 Å². The van der Waals surface area contributed by atoms with E-state index in [4.69, 9.17) is 4.42 Å². The molecule has 0 bridgehead atoms. The van der Waals surface area contributed by atoms with Gasteiger partial charge in [0, 0.05) is 10.2 Å². The summed E-state index contributed by atoms with van der Waals surface area (Å²) < 4.78 is 20.0. The average Bonchev–Trinajstić information content (AvgIpc) is 3.14. The second-order valence-corrected chi connectivity index (χ2v) is 6.69. The molecule has 3 rings (SSSR count). The van der Waals surface area contributed by atoms with Crippen molar-refractivity contribution in [1.82, 2.24) is 4.90 Å². The van der Waals surface area contributed by atoms with Crippen LogP contribution in [0.3, 0.4) is 0 Å². The molecular weight excluding hydrogens is 415 g/mol. The molecule has 0 radical (unpaired) electrons. The molecule has 138 valence electrons.